The molecule has 0 aliphatic heterocycles. The summed E-state index contributed by atoms with van der Waals surface area (Å²) in [6, 6.07) is 2.19. The molecule has 0 amide bonds. The van der Waals surface area contributed by atoms with Gasteiger partial charge < -0.3 is 0 Å². The minimum absolute atomic E-state index is 0.738. The second kappa shape index (κ2) is 13.2. The number of hydrogen-bond donors (Lipinski definition) is 0. The van der Waals surface area contributed by atoms with Gasteiger partial charge in [0.05, 0.1) is 6.07 Å². The van der Waals surface area contributed by atoms with Crippen molar-refractivity contribution in [2.45, 2.75) is 71.1 Å². The van der Waals surface area contributed by atoms with Crippen LogP contribution in [0.15, 0.2) is 12.2 Å². The molecule has 0 heterocycles. The summed E-state index contributed by atoms with van der Waals surface area (Å²) >= 11 is 0. The molecule has 15 heavy (non-hydrogen) atoms. The molecule has 0 bridgehead atoms. The van der Waals surface area contributed by atoms with Crippen LogP contribution in [0.5, 0.6) is 0 Å². The highest BCUT2D eigenvalue weighted by Crippen LogP contribution is 2.09. The van der Waals surface area contributed by atoms with E-state index in [9.17, 15) is 0 Å². The van der Waals surface area contributed by atoms with Crippen LogP contribution >= 0.6 is 0 Å². The molecule has 0 aliphatic carbocycles. The van der Waals surface area contributed by atoms with E-state index in [4.69, 9.17) is 5.26 Å². The Labute approximate surface area is 95.2 Å². The van der Waals surface area contributed by atoms with Crippen LogP contribution in [0, 0.1) is 11.3 Å². The second-order valence-electron chi connectivity index (χ2n) is 4.05. The zero-order valence-corrected chi connectivity index (χ0v) is 10.2. The van der Waals surface area contributed by atoms with Gasteiger partial charge in [-0.05, 0) is 25.7 Å². The zero-order valence-electron chi connectivity index (χ0n) is 10.2. The average Bonchev–Trinajstić information content (AvgIpc) is 2.26. The van der Waals surface area contributed by atoms with Crippen LogP contribution in [0.4, 0.5) is 0 Å². The maximum atomic E-state index is 8.35. The smallest absolute Gasteiger partial charge is 0.0621 e. The molecule has 0 aromatic carbocycles. The van der Waals surface area contributed by atoms with E-state index in [0.29, 0.717) is 0 Å². The van der Waals surface area contributed by atoms with Gasteiger partial charge in [0.1, 0.15) is 0 Å². The molecule has 0 spiro atoms. The predicted octanol–water partition coefficient (Wildman–Crippen LogP) is 4.99. The van der Waals surface area contributed by atoms with E-state index in [1.807, 2.05) is 0 Å². The lowest BCUT2D eigenvalue weighted by molar-refractivity contribution is 0.584. The van der Waals surface area contributed by atoms with E-state index in [1.54, 1.807) is 0 Å². The molecule has 0 radical (unpaired) electrons. The quantitative estimate of drug-likeness (QED) is 0.366. The highest BCUT2D eigenvalue weighted by atomic mass is 14.2. The molecule has 0 atom stereocenters. The summed E-state index contributed by atoms with van der Waals surface area (Å²) < 4.78 is 0. The van der Waals surface area contributed by atoms with Gasteiger partial charge in [-0.1, -0.05) is 51.2 Å². The lowest BCUT2D eigenvalue weighted by Crippen LogP contribution is -1.80. The molecule has 0 aromatic heterocycles. The lowest BCUT2D eigenvalue weighted by Gasteiger charge is -1.99. The van der Waals surface area contributed by atoms with Crippen LogP contribution in [0.25, 0.3) is 0 Å². The van der Waals surface area contributed by atoms with Gasteiger partial charge in [-0.3, -0.25) is 0 Å². The number of unbranched alkanes of at least 4 members (excludes halogenated alkanes) is 8. The minimum Gasteiger partial charge on any atom is -0.198 e. The van der Waals surface area contributed by atoms with Gasteiger partial charge in [-0.2, -0.15) is 5.26 Å². The molecule has 1 nitrogen and oxygen atoms in total. The van der Waals surface area contributed by atoms with Crippen LogP contribution in [-0.4, -0.2) is 0 Å². The highest BCUT2D eigenvalue weighted by Gasteiger charge is 1.90. The van der Waals surface area contributed by atoms with E-state index in [-0.39, 0.29) is 0 Å². The molecule has 0 saturated carbocycles. The summed E-state index contributed by atoms with van der Waals surface area (Å²) in [7, 11) is 0. The first-order valence-electron chi connectivity index (χ1n) is 6.43. The third kappa shape index (κ3) is 13.2. The maximum Gasteiger partial charge on any atom is 0.0621 e. The second-order valence-corrected chi connectivity index (χ2v) is 4.05. The Kier molecular flexibility index (Phi) is 12.6. The number of hydrogen-bond acceptors (Lipinski definition) is 1. The van der Waals surface area contributed by atoms with Crippen LogP contribution in [-0.2, 0) is 0 Å². The monoisotopic (exact) mass is 207 g/mol. The van der Waals surface area contributed by atoms with Gasteiger partial charge in [0.15, 0.2) is 0 Å². The average molecular weight is 207 g/mol. The summed E-state index contributed by atoms with van der Waals surface area (Å²) in [6.45, 7) is 2.18. The molecular weight excluding hydrogens is 182 g/mol. The standard InChI is InChI=1S/C14H25N/c1-2-3-4-5-6-7-8-9-10-11-12-13-14-15/h3-4H,2,5-13H2,1H3/b4-3-. The van der Waals surface area contributed by atoms with Gasteiger partial charge in [-0.25, -0.2) is 0 Å². The Morgan fingerprint density at radius 1 is 0.867 bits per heavy atom. The van der Waals surface area contributed by atoms with Crippen LogP contribution < -0.4 is 0 Å². The van der Waals surface area contributed by atoms with Crippen molar-refractivity contribution in [3.8, 4) is 6.07 Å². The van der Waals surface area contributed by atoms with E-state index in [0.717, 1.165) is 12.8 Å². The zero-order chi connectivity index (χ0) is 11.2. The molecular formula is C14H25N. The van der Waals surface area contributed by atoms with Gasteiger partial charge in [0.25, 0.3) is 0 Å². The van der Waals surface area contributed by atoms with Crippen molar-refractivity contribution in [1.82, 2.24) is 0 Å². The normalized spacial score (nSPS) is 10.7. The Morgan fingerprint density at radius 2 is 1.47 bits per heavy atom. The fourth-order valence-electron chi connectivity index (χ4n) is 1.63. The van der Waals surface area contributed by atoms with Crippen molar-refractivity contribution in [2.24, 2.45) is 0 Å². The van der Waals surface area contributed by atoms with Crippen molar-refractivity contribution in [2.75, 3.05) is 0 Å². The Bertz CT molecular complexity index is 176. The van der Waals surface area contributed by atoms with E-state index in [2.05, 4.69) is 25.1 Å². The summed E-state index contributed by atoms with van der Waals surface area (Å²) in [4.78, 5) is 0. The highest BCUT2D eigenvalue weighted by molar-refractivity contribution is 4.79. The molecule has 0 fully saturated rings. The number of nitrogens with zero attached hydrogens (tertiary/aromatic N) is 1. The molecule has 86 valence electrons. The number of rotatable bonds is 10. The molecule has 0 unspecified atom stereocenters. The van der Waals surface area contributed by atoms with E-state index in [1.165, 1.54) is 51.4 Å². The third-order valence-corrected chi connectivity index (χ3v) is 2.56. The summed E-state index contributed by atoms with van der Waals surface area (Å²) in [5, 5.41) is 8.35. The topological polar surface area (TPSA) is 23.8 Å². The SMILES string of the molecule is CC/C=C\CCCCCCCCCC#N. The summed E-state index contributed by atoms with van der Waals surface area (Å²) in [6.07, 6.45) is 16.8. The first-order valence-corrected chi connectivity index (χ1v) is 6.43. The Hall–Kier alpha value is -0.770. The molecule has 0 saturated heterocycles. The first kappa shape index (κ1) is 14.2. The number of allylic oxidation sites excluding steroid dienone is 2. The van der Waals surface area contributed by atoms with Crippen LogP contribution in [0.1, 0.15) is 71.1 Å². The first-order chi connectivity index (χ1) is 7.41. The molecule has 0 rings (SSSR count). The van der Waals surface area contributed by atoms with Gasteiger partial charge in [0.2, 0.25) is 0 Å². The fourth-order valence-corrected chi connectivity index (χ4v) is 1.63. The Balaban J connectivity index is 2.93. The van der Waals surface area contributed by atoms with Gasteiger partial charge in [0, 0.05) is 6.42 Å². The third-order valence-electron chi connectivity index (χ3n) is 2.56. The Morgan fingerprint density at radius 3 is 2.07 bits per heavy atom. The molecule has 0 N–H and O–H groups in total. The van der Waals surface area contributed by atoms with Gasteiger partial charge >= 0.3 is 0 Å². The van der Waals surface area contributed by atoms with Crippen molar-refractivity contribution in [1.29, 1.82) is 5.26 Å². The van der Waals surface area contributed by atoms with Crippen molar-refractivity contribution < 1.29 is 0 Å². The van der Waals surface area contributed by atoms with Crippen LogP contribution in [0.2, 0.25) is 0 Å². The summed E-state index contributed by atoms with van der Waals surface area (Å²) in [5.41, 5.74) is 0. The fraction of sp³-hybridized carbons (Fsp3) is 0.786. The van der Waals surface area contributed by atoms with Crippen molar-refractivity contribution in [3.05, 3.63) is 12.2 Å². The summed E-state index contributed by atoms with van der Waals surface area (Å²) in [5.74, 6) is 0. The largest absolute Gasteiger partial charge is 0.198 e. The van der Waals surface area contributed by atoms with Crippen LogP contribution in [0.3, 0.4) is 0 Å². The van der Waals surface area contributed by atoms with E-state index >= 15 is 0 Å². The minimum atomic E-state index is 0.738. The molecule has 1 heteroatoms. The molecule has 0 aromatic rings. The van der Waals surface area contributed by atoms with Gasteiger partial charge in [-0.15, -0.1) is 0 Å². The van der Waals surface area contributed by atoms with E-state index < -0.39 is 0 Å². The maximum absolute atomic E-state index is 8.35. The molecule has 0 aliphatic rings. The predicted molar refractivity (Wildman–Crippen MR) is 66.6 cm³/mol. The van der Waals surface area contributed by atoms with Crippen molar-refractivity contribution >= 4 is 0 Å². The number of nitriles is 1. The van der Waals surface area contributed by atoms with Crippen molar-refractivity contribution in [3.63, 3.8) is 0 Å². The lowest BCUT2D eigenvalue weighted by atomic mass is 10.1.